The Bertz CT molecular complexity index is 3410. The third-order valence-corrected chi connectivity index (χ3v) is 10.9. The fourth-order valence-electron chi connectivity index (χ4n) is 8.35. The third-order valence-electron chi connectivity index (χ3n) is 10.9. The van der Waals surface area contributed by atoms with Crippen LogP contribution in [0.3, 0.4) is 0 Å². The number of hydrogen-bond donors (Lipinski definition) is 1. The van der Waals surface area contributed by atoms with Crippen LogP contribution in [0.15, 0.2) is 195 Å². The number of benzene rings is 9. The summed E-state index contributed by atoms with van der Waals surface area (Å²) in [5.74, 6) is 0.904. The molecule has 2 heterocycles. The summed E-state index contributed by atoms with van der Waals surface area (Å²) in [6.07, 6.45) is 0. The number of nitrogens with zero attached hydrogens (tertiary/aromatic N) is 2. The largest absolute Gasteiger partial charge is 0.456 e. The molecule has 11 aromatic rings. The molecule has 264 valence electrons. The standard InChI is InChI=1S/C51H33N3O2/c52-50(54-51(53-30-31-13-2-1-3-14-31)42-27-33-16-5-6-17-35(33)38-19-8-9-20-39(38)42)43-28-34(29-46-48(43)40-21-10-11-24-44(40)55-46)37-22-12-23-41-47-36-18-7-4-15-32(36)25-26-45(47)56-49(37)41/h1-29H,30H2,(H2,52,53,54). The summed E-state index contributed by atoms with van der Waals surface area (Å²) < 4.78 is 13.2. The van der Waals surface area contributed by atoms with Crippen LogP contribution in [0.4, 0.5) is 0 Å². The summed E-state index contributed by atoms with van der Waals surface area (Å²) in [6, 6.07) is 60.6. The van der Waals surface area contributed by atoms with E-state index in [0.29, 0.717) is 23.8 Å². The Morgan fingerprint density at radius 2 is 1.16 bits per heavy atom. The van der Waals surface area contributed by atoms with E-state index in [0.717, 1.165) is 87.7 Å². The number of para-hydroxylation sites is 2. The zero-order valence-electron chi connectivity index (χ0n) is 30.2. The number of amidine groups is 2. The molecule has 0 atom stereocenters. The minimum Gasteiger partial charge on any atom is -0.456 e. The molecule has 0 bridgehead atoms. The maximum absolute atomic E-state index is 7.26. The normalized spacial score (nSPS) is 12.6. The minimum absolute atomic E-state index is 0.343. The van der Waals surface area contributed by atoms with Gasteiger partial charge in [-0.2, -0.15) is 0 Å². The monoisotopic (exact) mass is 719 g/mol. The van der Waals surface area contributed by atoms with Gasteiger partial charge in [0.05, 0.1) is 6.54 Å². The zero-order valence-corrected chi connectivity index (χ0v) is 30.2. The van der Waals surface area contributed by atoms with Crippen molar-refractivity contribution in [3.8, 4) is 11.1 Å². The highest BCUT2D eigenvalue weighted by Gasteiger charge is 2.21. The predicted octanol–water partition coefficient (Wildman–Crippen LogP) is 13.0. The van der Waals surface area contributed by atoms with Gasteiger partial charge in [0.2, 0.25) is 0 Å². The highest BCUT2D eigenvalue weighted by molar-refractivity contribution is 6.25. The second-order valence-corrected chi connectivity index (χ2v) is 14.3. The molecule has 2 aromatic heterocycles. The molecule has 0 aliphatic heterocycles. The molecule has 9 aromatic carbocycles. The van der Waals surface area contributed by atoms with Crippen LogP contribution in [0, 0.1) is 0 Å². The Kier molecular flexibility index (Phi) is 7.32. The van der Waals surface area contributed by atoms with Crippen molar-refractivity contribution in [3.63, 3.8) is 0 Å². The average Bonchev–Trinajstić information content (AvgIpc) is 3.84. The summed E-state index contributed by atoms with van der Waals surface area (Å²) in [5.41, 5.74) is 15.0. The summed E-state index contributed by atoms with van der Waals surface area (Å²) in [5, 5.41) is 10.9. The first-order valence-electron chi connectivity index (χ1n) is 18.8. The number of nitrogens with two attached hydrogens (primary N) is 1. The van der Waals surface area contributed by atoms with Crippen molar-refractivity contribution in [1.82, 2.24) is 0 Å². The van der Waals surface area contributed by atoms with Gasteiger partial charge in [0.1, 0.15) is 28.2 Å². The maximum Gasteiger partial charge on any atom is 0.157 e. The van der Waals surface area contributed by atoms with Crippen molar-refractivity contribution in [3.05, 3.63) is 193 Å². The Hall–Kier alpha value is -7.50. The molecule has 5 nitrogen and oxygen atoms in total. The predicted molar refractivity (Wildman–Crippen MR) is 233 cm³/mol. The van der Waals surface area contributed by atoms with Crippen molar-refractivity contribution in [2.75, 3.05) is 0 Å². The van der Waals surface area contributed by atoms with E-state index in [1.807, 2.05) is 36.4 Å². The first-order chi connectivity index (χ1) is 27.7. The van der Waals surface area contributed by atoms with E-state index in [1.165, 1.54) is 10.8 Å². The maximum atomic E-state index is 7.26. The second-order valence-electron chi connectivity index (χ2n) is 14.3. The van der Waals surface area contributed by atoms with Crippen LogP contribution in [0.5, 0.6) is 0 Å². The van der Waals surface area contributed by atoms with Crippen LogP contribution >= 0.6 is 0 Å². The quantitative estimate of drug-likeness (QED) is 0.109. The Morgan fingerprint density at radius 3 is 2.02 bits per heavy atom. The molecule has 0 spiro atoms. The number of furan rings is 2. The molecule has 0 unspecified atom stereocenters. The molecule has 0 aliphatic carbocycles. The van der Waals surface area contributed by atoms with Gasteiger partial charge >= 0.3 is 0 Å². The first-order valence-corrected chi connectivity index (χ1v) is 18.8. The van der Waals surface area contributed by atoms with Gasteiger partial charge in [0.15, 0.2) is 5.84 Å². The molecule has 56 heavy (non-hydrogen) atoms. The molecule has 0 radical (unpaired) electrons. The summed E-state index contributed by atoms with van der Waals surface area (Å²) in [4.78, 5) is 10.5. The lowest BCUT2D eigenvalue weighted by Gasteiger charge is -2.13. The molecule has 0 fully saturated rings. The van der Waals surface area contributed by atoms with E-state index in [4.69, 9.17) is 24.6 Å². The van der Waals surface area contributed by atoms with Crippen LogP contribution in [0.25, 0.3) is 87.3 Å². The number of hydrogen-bond acceptors (Lipinski definition) is 3. The first kappa shape index (κ1) is 32.0. The van der Waals surface area contributed by atoms with Gasteiger partial charge in [0.25, 0.3) is 0 Å². The van der Waals surface area contributed by atoms with Gasteiger partial charge in [0, 0.05) is 38.2 Å². The molecule has 0 aliphatic rings. The van der Waals surface area contributed by atoms with Gasteiger partial charge in [-0.05, 0) is 73.8 Å². The van der Waals surface area contributed by atoms with Gasteiger partial charge in [-0.25, -0.2) is 4.99 Å². The van der Waals surface area contributed by atoms with Gasteiger partial charge in [-0.1, -0.05) is 146 Å². The van der Waals surface area contributed by atoms with Crippen molar-refractivity contribution in [2.45, 2.75) is 6.54 Å². The molecule has 2 N–H and O–H groups in total. The third kappa shape index (κ3) is 5.17. The molecular formula is C51H33N3O2. The molecule has 0 amide bonds. The summed E-state index contributed by atoms with van der Waals surface area (Å²) >= 11 is 0. The number of fused-ring (bicyclic) bond motifs is 11. The summed E-state index contributed by atoms with van der Waals surface area (Å²) in [6.45, 7) is 0.445. The van der Waals surface area contributed by atoms with Crippen LogP contribution < -0.4 is 5.73 Å². The van der Waals surface area contributed by atoms with Crippen LogP contribution in [0.2, 0.25) is 0 Å². The van der Waals surface area contributed by atoms with Crippen LogP contribution in [-0.4, -0.2) is 11.7 Å². The zero-order chi connectivity index (χ0) is 37.2. The topological polar surface area (TPSA) is 77.0 Å². The summed E-state index contributed by atoms with van der Waals surface area (Å²) in [7, 11) is 0. The fourth-order valence-corrected chi connectivity index (χ4v) is 8.35. The second kappa shape index (κ2) is 12.8. The lowest BCUT2D eigenvalue weighted by molar-refractivity contribution is 0.668. The molecule has 0 saturated heterocycles. The average molecular weight is 720 g/mol. The Balaban J connectivity index is 1.16. The highest BCUT2D eigenvalue weighted by atomic mass is 16.3. The van der Waals surface area contributed by atoms with E-state index >= 15 is 0 Å². The molecule has 0 saturated carbocycles. The van der Waals surface area contributed by atoms with Crippen molar-refractivity contribution >= 4 is 87.9 Å². The molecular weight excluding hydrogens is 687 g/mol. The Morgan fingerprint density at radius 1 is 0.464 bits per heavy atom. The minimum atomic E-state index is 0.343. The fraction of sp³-hybridized carbons (Fsp3) is 0.0196. The highest BCUT2D eigenvalue weighted by Crippen LogP contribution is 2.42. The van der Waals surface area contributed by atoms with E-state index in [1.54, 1.807) is 0 Å². The van der Waals surface area contributed by atoms with E-state index < -0.39 is 0 Å². The van der Waals surface area contributed by atoms with Crippen LogP contribution in [0.1, 0.15) is 16.7 Å². The Labute approximate surface area is 321 Å². The van der Waals surface area contributed by atoms with E-state index in [2.05, 4.69) is 140 Å². The van der Waals surface area contributed by atoms with Crippen molar-refractivity contribution in [2.24, 2.45) is 15.7 Å². The number of rotatable bonds is 5. The SMILES string of the molecule is N/C(=N\C(=N/Cc1ccccc1)c1cc2ccccc2c2ccccc12)c1cc(-c2cccc3c2oc2ccc4ccccc4c23)cc2oc3ccccc3c12. The molecule has 11 rings (SSSR count). The van der Waals surface area contributed by atoms with Crippen molar-refractivity contribution < 1.29 is 8.83 Å². The molecule has 5 heteroatoms. The van der Waals surface area contributed by atoms with Gasteiger partial charge in [-0.15, -0.1) is 0 Å². The lowest BCUT2D eigenvalue weighted by atomic mass is 9.95. The van der Waals surface area contributed by atoms with E-state index in [-0.39, 0.29) is 0 Å². The van der Waals surface area contributed by atoms with Crippen LogP contribution in [-0.2, 0) is 6.54 Å². The van der Waals surface area contributed by atoms with Gasteiger partial charge in [-0.3, -0.25) is 4.99 Å². The van der Waals surface area contributed by atoms with E-state index in [9.17, 15) is 0 Å². The van der Waals surface area contributed by atoms with Crippen molar-refractivity contribution in [1.29, 1.82) is 0 Å². The smallest absolute Gasteiger partial charge is 0.157 e. The van der Waals surface area contributed by atoms with Gasteiger partial charge < -0.3 is 14.6 Å². The number of aliphatic imine (C=N–C) groups is 2. The lowest BCUT2D eigenvalue weighted by Crippen LogP contribution is -2.17.